The fraction of sp³-hybridized carbons (Fsp3) is 0.150. The topological polar surface area (TPSA) is 97.6 Å². The van der Waals surface area contributed by atoms with Crippen molar-refractivity contribution in [2.24, 2.45) is 0 Å². The van der Waals surface area contributed by atoms with Gasteiger partial charge in [-0.1, -0.05) is 30.3 Å². The van der Waals surface area contributed by atoms with Gasteiger partial charge in [0.2, 0.25) is 10.0 Å². The molecule has 146 valence electrons. The Morgan fingerprint density at radius 3 is 2.57 bits per heavy atom. The second-order valence-electron chi connectivity index (χ2n) is 6.12. The van der Waals surface area contributed by atoms with Crippen molar-refractivity contribution in [1.82, 2.24) is 5.32 Å². The fourth-order valence-corrected chi connectivity index (χ4v) is 3.03. The van der Waals surface area contributed by atoms with Crippen LogP contribution < -0.4 is 14.8 Å². The van der Waals surface area contributed by atoms with Gasteiger partial charge < -0.3 is 14.5 Å². The summed E-state index contributed by atoms with van der Waals surface area (Å²) in [6.07, 6.45) is 1.08. The summed E-state index contributed by atoms with van der Waals surface area (Å²) in [5, 5.41) is 2.74. The van der Waals surface area contributed by atoms with Crippen molar-refractivity contribution in [2.45, 2.75) is 13.2 Å². The molecular weight excluding hydrogens is 380 g/mol. The number of anilines is 1. The lowest BCUT2D eigenvalue weighted by Gasteiger charge is -2.07. The Balaban J connectivity index is 1.54. The average molecular weight is 400 g/mol. The van der Waals surface area contributed by atoms with E-state index in [0.29, 0.717) is 17.2 Å². The number of hydrogen-bond donors (Lipinski definition) is 2. The molecule has 0 aliphatic rings. The number of ether oxygens (including phenoxy) is 1. The van der Waals surface area contributed by atoms with Crippen LogP contribution in [0.1, 0.15) is 21.9 Å². The quantitative estimate of drug-likeness (QED) is 0.605. The Bertz CT molecular complexity index is 1050. The minimum absolute atomic E-state index is 0.178. The molecule has 3 rings (SSSR count). The average Bonchev–Trinajstić information content (AvgIpc) is 3.13. The number of para-hydroxylation sites is 1. The Kier molecular flexibility index (Phi) is 6.00. The van der Waals surface area contributed by atoms with Crippen LogP contribution in [0, 0.1) is 0 Å². The molecule has 0 aliphatic heterocycles. The Morgan fingerprint density at radius 2 is 1.82 bits per heavy atom. The van der Waals surface area contributed by atoms with E-state index in [-0.39, 0.29) is 24.8 Å². The summed E-state index contributed by atoms with van der Waals surface area (Å²) in [6.45, 7) is 0.450. The Labute approximate surface area is 163 Å². The second-order valence-corrected chi connectivity index (χ2v) is 7.87. The van der Waals surface area contributed by atoms with Crippen LogP contribution in [0.4, 0.5) is 5.69 Å². The molecule has 2 aromatic carbocycles. The van der Waals surface area contributed by atoms with E-state index in [1.165, 1.54) is 0 Å². The molecule has 3 aromatic rings. The van der Waals surface area contributed by atoms with E-state index in [2.05, 4.69) is 10.0 Å². The van der Waals surface area contributed by atoms with Gasteiger partial charge in [-0.2, -0.15) is 0 Å². The number of carbonyl (C=O) groups is 1. The Hall–Kier alpha value is -3.26. The molecule has 0 fully saturated rings. The van der Waals surface area contributed by atoms with Crippen molar-refractivity contribution in [1.29, 1.82) is 0 Å². The molecule has 28 heavy (non-hydrogen) atoms. The molecule has 0 spiro atoms. The minimum atomic E-state index is -3.36. The van der Waals surface area contributed by atoms with E-state index in [1.807, 2.05) is 30.3 Å². The molecular formula is C20H20N2O5S. The van der Waals surface area contributed by atoms with E-state index >= 15 is 0 Å². The molecule has 0 saturated carbocycles. The maximum atomic E-state index is 12.3. The first-order valence-corrected chi connectivity index (χ1v) is 10.4. The summed E-state index contributed by atoms with van der Waals surface area (Å²) in [5.74, 6) is 1.06. The van der Waals surface area contributed by atoms with E-state index in [1.54, 1.807) is 36.4 Å². The van der Waals surface area contributed by atoms with Crippen LogP contribution in [0.2, 0.25) is 0 Å². The molecule has 1 heterocycles. The Morgan fingerprint density at radius 1 is 1.04 bits per heavy atom. The maximum Gasteiger partial charge on any atom is 0.287 e. The highest BCUT2D eigenvalue weighted by molar-refractivity contribution is 7.92. The molecule has 0 radical (unpaired) electrons. The number of amides is 1. The highest BCUT2D eigenvalue weighted by Crippen LogP contribution is 2.15. The lowest BCUT2D eigenvalue weighted by molar-refractivity contribution is 0.0919. The first-order chi connectivity index (χ1) is 13.4. The summed E-state index contributed by atoms with van der Waals surface area (Å²) in [4.78, 5) is 12.3. The van der Waals surface area contributed by atoms with Crippen molar-refractivity contribution in [3.63, 3.8) is 0 Å². The van der Waals surface area contributed by atoms with Gasteiger partial charge in [0, 0.05) is 12.2 Å². The molecule has 7 nitrogen and oxygen atoms in total. The highest BCUT2D eigenvalue weighted by atomic mass is 32.2. The summed E-state index contributed by atoms with van der Waals surface area (Å²) in [7, 11) is -3.36. The van der Waals surface area contributed by atoms with Crippen molar-refractivity contribution < 1.29 is 22.4 Å². The molecule has 0 saturated heterocycles. The third-order valence-corrected chi connectivity index (χ3v) is 4.30. The number of hydrogen-bond acceptors (Lipinski definition) is 5. The summed E-state index contributed by atoms with van der Waals surface area (Å²) in [5.41, 5.74) is 1.19. The maximum absolute atomic E-state index is 12.3. The number of benzene rings is 2. The van der Waals surface area contributed by atoms with E-state index < -0.39 is 10.0 Å². The third-order valence-electron chi connectivity index (χ3n) is 3.69. The first-order valence-electron chi connectivity index (χ1n) is 8.50. The number of rotatable bonds is 8. The molecule has 1 amide bonds. The lowest BCUT2D eigenvalue weighted by atomic mass is 10.2. The van der Waals surface area contributed by atoms with Crippen LogP contribution in [-0.2, 0) is 23.2 Å². The smallest absolute Gasteiger partial charge is 0.287 e. The van der Waals surface area contributed by atoms with Gasteiger partial charge in [-0.3, -0.25) is 9.52 Å². The number of furan rings is 1. The van der Waals surface area contributed by atoms with Gasteiger partial charge in [-0.05, 0) is 42.0 Å². The molecule has 0 aliphatic carbocycles. The molecule has 1 aromatic heterocycles. The predicted octanol–water partition coefficient (Wildman–Crippen LogP) is 3.16. The molecule has 0 atom stereocenters. The van der Waals surface area contributed by atoms with Gasteiger partial charge in [0.05, 0.1) is 6.26 Å². The summed E-state index contributed by atoms with van der Waals surface area (Å²) in [6, 6.07) is 19.4. The summed E-state index contributed by atoms with van der Waals surface area (Å²) >= 11 is 0. The molecule has 2 N–H and O–H groups in total. The van der Waals surface area contributed by atoms with Gasteiger partial charge in [0.25, 0.3) is 5.91 Å². The van der Waals surface area contributed by atoms with Gasteiger partial charge in [-0.15, -0.1) is 0 Å². The zero-order valence-corrected chi connectivity index (χ0v) is 16.0. The first kappa shape index (κ1) is 19.5. The van der Waals surface area contributed by atoms with Crippen molar-refractivity contribution in [3.05, 3.63) is 83.8 Å². The van der Waals surface area contributed by atoms with Gasteiger partial charge in [-0.25, -0.2) is 8.42 Å². The minimum Gasteiger partial charge on any atom is -0.486 e. The lowest BCUT2D eigenvalue weighted by Crippen LogP contribution is -2.22. The number of nitrogens with one attached hydrogen (secondary N) is 2. The largest absolute Gasteiger partial charge is 0.486 e. The van der Waals surface area contributed by atoms with Crippen molar-refractivity contribution in [3.8, 4) is 5.75 Å². The van der Waals surface area contributed by atoms with E-state index in [9.17, 15) is 13.2 Å². The molecule has 0 bridgehead atoms. The van der Waals surface area contributed by atoms with Crippen LogP contribution in [0.15, 0.2) is 71.1 Å². The van der Waals surface area contributed by atoms with Crippen molar-refractivity contribution >= 4 is 21.6 Å². The van der Waals surface area contributed by atoms with E-state index in [4.69, 9.17) is 9.15 Å². The van der Waals surface area contributed by atoms with Crippen LogP contribution in [0.3, 0.4) is 0 Å². The monoisotopic (exact) mass is 400 g/mol. The molecule has 0 unspecified atom stereocenters. The second kappa shape index (κ2) is 8.62. The van der Waals surface area contributed by atoms with Crippen LogP contribution in [0.25, 0.3) is 0 Å². The van der Waals surface area contributed by atoms with Gasteiger partial charge in [0.15, 0.2) is 5.76 Å². The van der Waals surface area contributed by atoms with E-state index in [0.717, 1.165) is 11.8 Å². The summed E-state index contributed by atoms with van der Waals surface area (Å²) < 4.78 is 36.1. The third kappa shape index (κ3) is 5.88. The number of carbonyl (C=O) groups excluding carboxylic acids is 1. The zero-order valence-electron chi connectivity index (χ0n) is 15.2. The van der Waals surface area contributed by atoms with Gasteiger partial charge >= 0.3 is 0 Å². The zero-order chi connectivity index (χ0) is 20.0. The van der Waals surface area contributed by atoms with Crippen LogP contribution in [-0.4, -0.2) is 20.6 Å². The van der Waals surface area contributed by atoms with Gasteiger partial charge in [0.1, 0.15) is 18.1 Å². The standard InChI is InChI=1S/C20H20N2O5S/c1-28(24,25)22-16-7-5-6-15(12-16)13-21-20(23)19-11-10-18(27-19)14-26-17-8-3-2-4-9-17/h2-12,22H,13-14H2,1H3,(H,21,23). The van der Waals surface area contributed by atoms with Crippen molar-refractivity contribution in [2.75, 3.05) is 11.0 Å². The highest BCUT2D eigenvalue weighted by Gasteiger charge is 2.12. The SMILES string of the molecule is CS(=O)(=O)Nc1cccc(CNC(=O)c2ccc(COc3ccccc3)o2)c1. The normalized spacial score (nSPS) is 11.0. The predicted molar refractivity (Wildman–Crippen MR) is 106 cm³/mol. The fourth-order valence-electron chi connectivity index (χ4n) is 2.48. The molecule has 8 heteroatoms. The van der Waals surface area contributed by atoms with Crippen LogP contribution in [0.5, 0.6) is 5.75 Å². The number of sulfonamides is 1. The van der Waals surface area contributed by atoms with Crippen LogP contribution >= 0.6 is 0 Å².